The number of halogens is 1. The SMILES string of the molecule is NS(=O)(=O)c1cc2cc(Cl)ccc2cc1OCC(=O)c1c[nH]c2cc(Oc3cccnc3)ccc12. The predicted octanol–water partition coefficient (Wildman–Crippen LogP) is 5.07. The number of Topliss-reactive ketones (excluding diaryl/α,β-unsaturated/α-hetero) is 1. The predicted molar refractivity (Wildman–Crippen MR) is 133 cm³/mol. The number of fused-ring (bicyclic) bond motifs is 2. The van der Waals surface area contributed by atoms with Crippen molar-refractivity contribution in [3.8, 4) is 17.2 Å². The van der Waals surface area contributed by atoms with Crippen LogP contribution in [0.15, 0.2) is 84.1 Å². The van der Waals surface area contributed by atoms with Gasteiger partial charge in [-0.3, -0.25) is 9.78 Å². The molecule has 2 aromatic heterocycles. The van der Waals surface area contributed by atoms with Crippen LogP contribution in [0.25, 0.3) is 21.7 Å². The number of rotatable bonds is 7. The summed E-state index contributed by atoms with van der Waals surface area (Å²) in [5.74, 6) is 0.819. The minimum absolute atomic E-state index is 0.0114. The Labute approximate surface area is 205 Å². The average Bonchev–Trinajstić information content (AvgIpc) is 3.25. The smallest absolute Gasteiger partial charge is 0.241 e. The standard InChI is InChI=1S/C25H18ClN3O5S/c26-17-4-3-15-9-24(25(35(27,31)32)10-16(15)8-17)33-14-23(30)21-13-29-22-11-18(5-6-20(21)22)34-19-2-1-7-28-12-19/h1-13,29H,14H2,(H2,27,31,32). The Morgan fingerprint density at radius 1 is 1.03 bits per heavy atom. The van der Waals surface area contributed by atoms with Gasteiger partial charge in [0.25, 0.3) is 0 Å². The monoisotopic (exact) mass is 507 g/mol. The number of ketones is 1. The number of aromatic nitrogens is 2. The van der Waals surface area contributed by atoms with Crippen molar-refractivity contribution >= 4 is 49.1 Å². The minimum Gasteiger partial charge on any atom is -0.484 e. The zero-order chi connectivity index (χ0) is 24.6. The summed E-state index contributed by atoms with van der Waals surface area (Å²) in [5, 5.41) is 7.79. The van der Waals surface area contributed by atoms with Crippen molar-refractivity contribution in [2.24, 2.45) is 5.14 Å². The Kier molecular flexibility index (Phi) is 5.89. The Morgan fingerprint density at radius 2 is 1.89 bits per heavy atom. The van der Waals surface area contributed by atoms with Crippen molar-refractivity contribution in [2.45, 2.75) is 4.90 Å². The number of ether oxygens (including phenoxy) is 2. The maximum absolute atomic E-state index is 13.0. The van der Waals surface area contributed by atoms with Gasteiger partial charge < -0.3 is 14.5 Å². The highest BCUT2D eigenvalue weighted by atomic mass is 35.5. The summed E-state index contributed by atoms with van der Waals surface area (Å²) < 4.78 is 35.7. The van der Waals surface area contributed by atoms with E-state index in [1.807, 2.05) is 0 Å². The second kappa shape index (κ2) is 9.03. The molecule has 0 saturated carbocycles. The molecule has 0 unspecified atom stereocenters. The van der Waals surface area contributed by atoms with Crippen LogP contribution in [0.1, 0.15) is 10.4 Å². The highest BCUT2D eigenvalue weighted by Gasteiger charge is 2.19. The van der Waals surface area contributed by atoms with Crippen LogP contribution >= 0.6 is 11.6 Å². The van der Waals surface area contributed by atoms with Crippen molar-refractivity contribution in [3.63, 3.8) is 0 Å². The number of primary sulfonamides is 1. The number of hydrogen-bond donors (Lipinski definition) is 2. The summed E-state index contributed by atoms with van der Waals surface area (Å²) in [5.41, 5.74) is 1.10. The van der Waals surface area contributed by atoms with E-state index in [0.717, 1.165) is 0 Å². The maximum Gasteiger partial charge on any atom is 0.241 e. The molecular formula is C25H18ClN3O5S. The molecule has 176 valence electrons. The lowest BCUT2D eigenvalue weighted by Gasteiger charge is -2.12. The molecule has 35 heavy (non-hydrogen) atoms. The Bertz CT molecular complexity index is 1680. The molecule has 0 saturated heterocycles. The largest absolute Gasteiger partial charge is 0.484 e. The molecule has 0 radical (unpaired) electrons. The fraction of sp³-hybridized carbons (Fsp3) is 0.0400. The van der Waals surface area contributed by atoms with E-state index in [1.165, 1.54) is 12.1 Å². The lowest BCUT2D eigenvalue weighted by Crippen LogP contribution is -2.17. The Hall–Kier alpha value is -3.92. The molecule has 5 aromatic rings. The summed E-state index contributed by atoms with van der Waals surface area (Å²) in [6.45, 7) is -0.386. The molecule has 8 nitrogen and oxygen atoms in total. The highest BCUT2D eigenvalue weighted by molar-refractivity contribution is 7.89. The zero-order valence-corrected chi connectivity index (χ0v) is 19.6. The van der Waals surface area contributed by atoms with E-state index in [0.29, 0.717) is 43.8 Å². The van der Waals surface area contributed by atoms with Gasteiger partial charge in [-0.15, -0.1) is 0 Å². The molecule has 0 amide bonds. The van der Waals surface area contributed by atoms with E-state index in [2.05, 4.69) is 9.97 Å². The van der Waals surface area contributed by atoms with Crippen LogP contribution < -0.4 is 14.6 Å². The van der Waals surface area contributed by atoms with Gasteiger partial charge in [0.15, 0.2) is 6.61 Å². The van der Waals surface area contributed by atoms with E-state index in [1.54, 1.807) is 67.1 Å². The molecule has 0 spiro atoms. The molecule has 0 aliphatic rings. The molecule has 0 bridgehead atoms. The summed E-state index contributed by atoms with van der Waals surface area (Å²) >= 11 is 6.01. The number of hydrogen-bond acceptors (Lipinski definition) is 6. The fourth-order valence-corrected chi connectivity index (χ4v) is 4.60. The van der Waals surface area contributed by atoms with Crippen LogP contribution in [0, 0.1) is 0 Å². The molecule has 0 atom stereocenters. The summed E-state index contributed by atoms with van der Waals surface area (Å²) in [6.07, 6.45) is 4.83. The first-order chi connectivity index (χ1) is 16.8. The van der Waals surface area contributed by atoms with Crippen LogP contribution in [0.4, 0.5) is 0 Å². The quantitative estimate of drug-likeness (QED) is 0.296. The van der Waals surface area contributed by atoms with Crippen molar-refractivity contribution in [1.82, 2.24) is 9.97 Å². The Balaban J connectivity index is 1.39. The van der Waals surface area contributed by atoms with Gasteiger partial charge in [0, 0.05) is 39.9 Å². The van der Waals surface area contributed by atoms with Gasteiger partial charge in [-0.25, -0.2) is 13.6 Å². The number of benzene rings is 3. The number of nitrogens with two attached hydrogens (primary N) is 1. The van der Waals surface area contributed by atoms with Crippen molar-refractivity contribution in [1.29, 1.82) is 0 Å². The van der Waals surface area contributed by atoms with Gasteiger partial charge in [0.05, 0.1) is 6.20 Å². The van der Waals surface area contributed by atoms with E-state index >= 15 is 0 Å². The van der Waals surface area contributed by atoms with Gasteiger partial charge in [-0.1, -0.05) is 17.7 Å². The number of H-pyrrole nitrogens is 1. The Morgan fingerprint density at radius 3 is 2.66 bits per heavy atom. The van der Waals surface area contributed by atoms with Crippen LogP contribution in [0.5, 0.6) is 17.2 Å². The van der Waals surface area contributed by atoms with E-state index in [-0.39, 0.29) is 23.0 Å². The van der Waals surface area contributed by atoms with Crippen molar-refractivity contribution in [2.75, 3.05) is 6.61 Å². The van der Waals surface area contributed by atoms with Gasteiger partial charge in [-0.05, 0) is 59.3 Å². The molecule has 0 aliphatic carbocycles. The number of aromatic amines is 1. The van der Waals surface area contributed by atoms with Gasteiger partial charge in [0.2, 0.25) is 15.8 Å². The van der Waals surface area contributed by atoms with Crippen molar-refractivity contribution in [3.05, 3.63) is 89.8 Å². The molecule has 3 aromatic carbocycles. The van der Waals surface area contributed by atoms with E-state index < -0.39 is 10.0 Å². The molecule has 0 fully saturated rings. The zero-order valence-electron chi connectivity index (χ0n) is 18.1. The number of carbonyl (C=O) groups is 1. The van der Waals surface area contributed by atoms with Crippen LogP contribution in [0.2, 0.25) is 5.02 Å². The van der Waals surface area contributed by atoms with E-state index in [4.69, 9.17) is 26.2 Å². The lowest BCUT2D eigenvalue weighted by atomic mass is 10.1. The van der Waals surface area contributed by atoms with Gasteiger partial charge in [-0.2, -0.15) is 0 Å². The topological polar surface area (TPSA) is 124 Å². The van der Waals surface area contributed by atoms with Gasteiger partial charge in [0.1, 0.15) is 22.1 Å². The van der Waals surface area contributed by atoms with Crippen molar-refractivity contribution < 1.29 is 22.7 Å². The number of carbonyl (C=O) groups excluding carboxylic acids is 1. The first-order valence-corrected chi connectivity index (χ1v) is 12.3. The first kappa shape index (κ1) is 22.9. The normalized spacial score (nSPS) is 11.6. The number of sulfonamides is 1. The second-order valence-corrected chi connectivity index (χ2v) is 9.71. The fourth-order valence-electron chi connectivity index (χ4n) is 3.73. The lowest BCUT2D eigenvalue weighted by molar-refractivity contribution is 0.0921. The second-order valence-electron chi connectivity index (χ2n) is 7.75. The first-order valence-electron chi connectivity index (χ1n) is 10.4. The minimum atomic E-state index is -4.11. The van der Waals surface area contributed by atoms with Crippen LogP contribution in [0.3, 0.4) is 0 Å². The molecule has 5 rings (SSSR count). The number of nitrogens with zero attached hydrogens (tertiary/aromatic N) is 1. The summed E-state index contributed by atoms with van der Waals surface area (Å²) in [6, 6.07) is 16.8. The molecular weight excluding hydrogens is 490 g/mol. The highest BCUT2D eigenvalue weighted by Crippen LogP contribution is 2.31. The molecule has 0 aliphatic heterocycles. The average molecular weight is 508 g/mol. The molecule has 2 heterocycles. The third kappa shape index (κ3) is 4.83. The van der Waals surface area contributed by atoms with Gasteiger partial charge >= 0.3 is 0 Å². The third-order valence-corrected chi connectivity index (χ3v) is 6.52. The van der Waals surface area contributed by atoms with Crippen LogP contribution in [-0.4, -0.2) is 30.8 Å². The number of pyridine rings is 1. The molecule has 10 heteroatoms. The number of nitrogens with one attached hydrogen (secondary N) is 1. The molecule has 3 N–H and O–H groups in total. The van der Waals surface area contributed by atoms with Crippen LogP contribution in [-0.2, 0) is 10.0 Å². The summed E-state index contributed by atoms with van der Waals surface area (Å²) in [4.78, 5) is 19.8. The maximum atomic E-state index is 13.0. The summed E-state index contributed by atoms with van der Waals surface area (Å²) in [7, 11) is -4.11. The van der Waals surface area contributed by atoms with E-state index in [9.17, 15) is 13.2 Å². The third-order valence-electron chi connectivity index (χ3n) is 5.35.